The number of rotatable bonds is 3. The summed E-state index contributed by atoms with van der Waals surface area (Å²) < 4.78 is 37.3. The molecule has 16 heavy (non-hydrogen) atoms. The highest BCUT2D eigenvalue weighted by Gasteiger charge is 2.42. The van der Waals surface area contributed by atoms with Crippen LogP contribution in [0.5, 0.6) is 0 Å². The molecule has 1 aliphatic carbocycles. The van der Waals surface area contributed by atoms with Crippen molar-refractivity contribution in [1.29, 1.82) is 0 Å². The topological polar surface area (TPSA) is 20.2 Å². The second-order valence-electron chi connectivity index (χ2n) is 4.53. The summed E-state index contributed by atoms with van der Waals surface area (Å²) in [5.41, 5.74) is -0.107. The van der Waals surface area contributed by atoms with Gasteiger partial charge >= 0.3 is 6.18 Å². The van der Waals surface area contributed by atoms with Gasteiger partial charge in [-0.25, -0.2) is 0 Å². The molecule has 0 heterocycles. The van der Waals surface area contributed by atoms with Crippen LogP contribution in [0.4, 0.5) is 13.2 Å². The standard InChI is InChI=1S/C12H13F3O/c13-12(14,15)10-3-1-2-9(6-10)7-11(8-16)4-5-11/h1-3,6,16H,4-5,7-8H2. The van der Waals surface area contributed by atoms with Gasteiger partial charge in [-0.3, -0.25) is 0 Å². The number of hydrogen-bond acceptors (Lipinski definition) is 1. The zero-order valence-electron chi connectivity index (χ0n) is 8.72. The van der Waals surface area contributed by atoms with Gasteiger partial charge in [-0.05, 0) is 36.3 Å². The smallest absolute Gasteiger partial charge is 0.396 e. The van der Waals surface area contributed by atoms with E-state index in [1.54, 1.807) is 6.07 Å². The summed E-state index contributed by atoms with van der Waals surface area (Å²) in [5, 5.41) is 9.12. The zero-order valence-corrected chi connectivity index (χ0v) is 8.72. The molecule has 1 N–H and O–H groups in total. The molecule has 0 amide bonds. The van der Waals surface area contributed by atoms with Gasteiger partial charge in [0.15, 0.2) is 0 Å². The van der Waals surface area contributed by atoms with E-state index in [1.807, 2.05) is 0 Å². The molecule has 1 aromatic carbocycles. The van der Waals surface area contributed by atoms with Crippen molar-refractivity contribution in [2.45, 2.75) is 25.4 Å². The molecule has 1 aromatic rings. The average Bonchev–Trinajstić information content (AvgIpc) is 2.98. The molecular formula is C12H13F3O. The molecule has 2 rings (SSSR count). The normalized spacial score (nSPS) is 18.5. The van der Waals surface area contributed by atoms with Crippen molar-refractivity contribution in [3.05, 3.63) is 35.4 Å². The molecule has 1 nitrogen and oxygen atoms in total. The lowest BCUT2D eigenvalue weighted by molar-refractivity contribution is -0.137. The van der Waals surface area contributed by atoms with Crippen LogP contribution < -0.4 is 0 Å². The van der Waals surface area contributed by atoms with Gasteiger partial charge in [-0.2, -0.15) is 13.2 Å². The van der Waals surface area contributed by atoms with Gasteiger partial charge in [0.05, 0.1) is 5.56 Å². The third kappa shape index (κ3) is 2.38. The Balaban J connectivity index is 2.17. The van der Waals surface area contributed by atoms with Crippen LogP contribution >= 0.6 is 0 Å². The summed E-state index contributed by atoms with van der Waals surface area (Å²) in [5.74, 6) is 0. The molecule has 0 aromatic heterocycles. The predicted molar refractivity (Wildman–Crippen MR) is 53.9 cm³/mol. The third-order valence-corrected chi connectivity index (χ3v) is 3.13. The number of hydrogen-bond donors (Lipinski definition) is 1. The number of aliphatic hydroxyl groups excluding tert-OH is 1. The average molecular weight is 230 g/mol. The molecule has 0 spiro atoms. The van der Waals surface area contributed by atoms with Crippen LogP contribution in [0.3, 0.4) is 0 Å². The molecule has 0 unspecified atom stereocenters. The highest BCUT2D eigenvalue weighted by atomic mass is 19.4. The summed E-state index contributed by atoms with van der Waals surface area (Å²) >= 11 is 0. The van der Waals surface area contributed by atoms with Crippen molar-refractivity contribution in [1.82, 2.24) is 0 Å². The Bertz CT molecular complexity index is 380. The molecule has 0 aliphatic heterocycles. The highest BCUT2D eigenvalue weighted by molar-refractivity contribution is 5.27. The van der Waals surface area contributed by atoms with E-state index < -0.39 is 11.7 Å². The molecule has 0 atom stereocenters. The summed E-state index contributed by atoms with van der Waals surface area (Å²) in [7, 11) is 0. The van der Waals surface area contributed by atoms with E-state index in [0.29, 0.717) is 12.0 Å². The van der Waals surface area contributed by atoms with Crippen molar-refractivity contribution in [3.63, 3.8) is 0 Å². The molecule has 88 valence electrons. The molecule has 1 fully saturated rings. The maximum Gasteiger partial charge on any atom is 0.416 e. The molecule has 1 saturated carbocycles. The fourth-order valence-electron chi connectivity index (χ4n) is 1.86. The van der Waals surface area contributed by atoms with Gasteiger partial charge < -0.3 is 5.11 Å². The van der Waals surface area contributed by atoms with Gasteiger partial charge in [-0.1, -0.05) is 18.2 Å². The highest BCUT2D eigenvalue weighted by Crippen LogP contribution is 2.48. The van der Waals surface area contributed by atoms with Crippen LogP contribution in [-0.4, -0.2) is 11.7 Å². The number of aliphatic hydroxyl groups is 1. The third-order valence-electron chi connectivity index (χ3n) is 3.13. The van der Waals surface area contributed by atoms with Crippen LogP contribution in [-0.2, 0) is 12.6 Å². The quantitative estimate of drug-likeness (QED) is 0.846. The Morgan fingerprint density at radius 3 is 2.44 bits per heavy atom. The second-order valence-corrected chi connectivity index (χ2v) is 4.53. The maximum absolute atomic E-state index is 12.4. The largest absolute Gasteiger partial charge is 0.416 e. The maximum atomic E-state index is 12.4. The lowest BCUT2D eigenvalue weighted by Crippen LogP contribution is -2.11. The number of alkyl halides is 3. The summed E-state index contributed by atoms with van der Waals surface area (Å²) in [6.07, 6.45) is -1.95. The Hall–Kier alpha value is -1.03. The number of benzene rings is 1. The molecule has 1 aliphatic rings. The van der Waals surface area contributed by atoms with Crippen molar-refractivity contribution in [2.75, 3.05) is 6.61 Å². The predicted octanol–water partition coefficient (Wildman–Crippen LogP) is 3.02. The molecule has 0 saturated heterocycles. The lowest BCUT2D eigenvalue weighted by Gasteiger charge is -2.13. The van der Waals surface area contributed by atoms with Crippen LogP contribution in [0.1, 0.15) is 24.0 Å². The fourth-order valence-corrected chi connectivity index (χ4v) is 1.86. The SMILES string of the molecule is OCC1(Cc2cccc(C(F)(F)F)c2)CC1. The van der Waals surface area contributed by atoms with E-state index in [2.05, 4.69) is 0 Å². The van der Waals surface area contributed by atoms with Crippen LogP contribution in [0.2, 0.25) is 0 Å². The van der Waals surface area contributed by atoms with Gasteiger partial charge in [0, 0.05) is 6.61 Å². The van der Waals surface area contributed by atoms with Gasteiger partial charge in [-0.15, -0.1) is 0 Å². The van der Waals surface area contributed by atoms with Crippen LogP contribution in [0, 0.1) is 5.41 Å². The van der Waals surface area contributed by atoms with Gasteiger partial charge in [0.2, 0.25) is 0 Å². The van der Waals surface area contributed by atoms with Crippen molar-refractivity contribution < 1.29 is 18.3 Å². The molecule has 0 radical (unpaired) electrons. The first-order valence-electron chi connectivity index (χ1n) is 5.22. The van der Waals surface area contributed by atoms with E-state index in [1.165, 1.54) is 12.1 Å². The first-order chi connectivity index (χ1) is 7.45. The second kappa shape index (κ2) is 3.77. The summed E-state index contributed by atoms with van der Waals surface area (Å²) in [6, 6.07) is 5.36. The van der Waals surface area contributed by atoms with E-state index in [9.17, 15) is 13.2 Å². The van der Waals surface area contributed by atoms with Crippen LogP contribution in [0.15, 0.2) is 24.3 Å². The molecular weight excluding hydrogens is 217 g/mol. The van der Waals surface area contributed by atoms with E-state index >= 15 is 0 Å². The van der Waals surface area contributed by atoms with E-state index in [0.717, 1.165) is 18.9 Å². The minimum absolute atomic E-state index is 0.0588. The van der Waals surface area contributed by atoms with Crippen molar-refractivity contribution in [3.8, 4) is 0 Å². The zero-order chi connectivity index (χ0) is 11.8. The minimum atomic E-state index is -4.29. The Morgan fingerprint density at radius 2 is 1.94 bits per heavy atom. The first-order valence-corrected chi connectivity index (χ1v) is 5.22. The van der Waals surface area contributed by atoms with Crippen molar-refractivity contribution in [2.24, 2.45) is 5.41 Å². The van der Waals surface area contributed by atoms with E-state index in [4.69, 9.17) is 5.11 Å². The Kier molecular flexibility index (Phi) is 2.70. The molecule has 0 bridgehead atoms. The Labute approximate surface area is 91.9 Å². The fraction of sp³-hybridized carbons (Fsp3) is 0.500. The first kappa shape index (κ1) is 11.5. The monoisotopic (exact) mass is 230 g/mol. The summed E-state index contributed by atoms with van der Waals surface area (Å²) in [6.45, 7) is 0.0588. The minimum Gasteiger partial charge on any atom is -0.396 e. The van der Waals surface area contributed by atoms with Crippen molar-refractivity contribution >= 4 is 0 Å². The summed E-state index contributed by atoms with van der Waals surface area (Å²) in [4.78, 5) is 0. The van der Waals surface area contributed by atoms with Gasteiger partial charge in [0.25, 0.3) is 0 Å². The van der Waals surface area contributed by atoms with Gasteiger partial charge in [0.1, 0.15) is 0 Å². The van der Waals surface area contributed by atoms with Crippen LogP contribution in [0.25, 0.3) is 0 Å². The molecule has 4 heteroatoms. The lowest BCUT2D eigenvalue weighted by atomic mass is 9.96. The van der Waals surface area contributed by atoms with E-state index in [-0.39, 0.29) is 12.0 Å². The number of halogens is 3. The Morgan fingerprint density at radius 1 is 1.25 bits per heavy atom.